The zero-order chi connectivity index (χ0) is 33.5. The maximum Gasteiger partial charge on any atom is 0.264 e. The minimum Gasteiger partial charge on any atom is -0.497 e. The van der Waals surface area contributed by atoms with E-state index in [-0.39, 0.29) is 18.0 Å². The molecule has 48 heavy (non-hydrogen) atoms. The average Bonchev–Trinajstić information content (AvgIpc) is 3.73. The molecule has 2 saturated carbocycles. The quantitative estimate of drug-likeness (QED) is 0.372. The lowest BCUT2D eigenvalue weighted by Gasteiger charge is -2.52. The van der Waals surface area contributed by atoms with E-state index in [9.17, 15) is 18.3 Å². The summed E-state index contributed by atoms with van der Waals surface area (Å²) in [6.45, 7) is 6.61. The normalized spacial score (nSPS) is 28.3. The zero-order valence-corrected chi connectivity index (χ0v) is 29.3. The summed E-state index contributed by atoms with van der Waals surface area (Å²) in [6.07, 6.45) is 5.97. The molecule has 0 radical (unpaired) electrons. The number of ether oxygens (including phenoxy) is 2. The minimum atomic E-state index is -3.80. The standard InChI is InChI=1S/C37H48N4O6S/c1-22(2)48(44,45)38-35(42)24-10-12-29-32(14-24)40-21-37(36(43)41-25-17-39(3)18-26(41)20-47-19-25)16-31(37)30-15-27(46-4)11-13-28(30)34(40)33(29)23-8-6-5-7-9-23/h10-15,22-23,25-26,31,36,43H,5-9,16-21H2,1-4H3,(H,38,42)/t25-,26+,31?,36?,37?. The molecule has 4 heterocycles. The van der Waals surface area contributed by atoms with E-state index < -0.39 is 32.8 Å². The number of nitrogens with one attached hydrogen (secondary N) is 1. The second-order valence-corrected chi connectivity index (χ2v) is 17.5. The number of hydrogen-bond donors (Lipinski definition) is 2. The number of rotatable bonds is 7. The number of aromatic nitrogens is 1. The van der Waals surface area contributed by atoms with Crippen molar-refractivity contribution in [2.24, 2.45) is 5.41 Å². The van der Waals surface area contributed by atoms with Crippen molar-refractivity contribution >= 4 is 26.8 Å². The van der Waals surface area contributed by atoms with Gasteiger partial charge >= 0.3 is 0 Å². The molecule has 5 atom stereocenters. The van der Waals surface area contributed by atoms with E-state index in [2.05, 4.69) is 38.3 Å². The first-order valence-corrected chi connectivity index (χ1v) is 19.2. The van der Waals surface area contributed by atoms with Crippen LogP contribution in [0.4, 0.5) is 0 Å². The molecular weight excluding hydrogens is 628 g/mol. The number of likely N-dealkylation sites (N-methyl/N-ethyl adjacent to an activating group) is 1. The number of fused-ring (bicyclic) bond motifs is 9. The van der Waals surface area contributed by atoms with Crippen LogP contribution in [0.2, 0.25) is 0 Å². The van der Waals surface area contributed by atoms with E-state index in [0.29, 0.717) is 31.2 Å². The van der Waals surface area contributed by atoms with Crippen LogP contribution in [-0.2, 0) is 21.3 Å². The molecular formula is C37H48N4O6S. The van der Waals surface area contributed by atoms with Gasteiger partial charge in [0.1, 0.15) is 12.0 Å². The van der Waals surface area contributed by atoms with E-state index in [1.807, 2.05) is 18.2 Å². The van der Waals surface area contributed by atoms with Gasteiger partial charge in [-0.15, -0.1) is 0 Å². The summed E-state index contributed by atoms with van der Waals surface area (Å²) in [5, 5.41) is 13.0. The molecule has 11 heteroatoms. The Morgan fingerprint density at radius 3 is 2.48 bits per heavy atom. The van der Waals surface area contributed by atoms with Gasteiger partial charge in [0.15, 0.2) is 0 Å². The summed E-state index contributed by atoms with van der Waals surface area (Å²) in [4.78, 5) is 18.1. The molecule has 3 aromatic rings. The van der Waals surface area contributed by atoms with Crippen molar-refractivity contribution in [3.8, 4) is 17.0 Å². The van der Waals surface area contributed by atoms with Crippen molar-refractivity contribution in [3.63, 3.8) is 0 Å². The lowest BCUT2D eigenvalue weighted by atomic mass is 9.81. The molecule has 4 fully saturated rings. The third-order valence-corrected chi connectivity index (χ3v) is 13.7. The Bertz CT molecular complexity index is 1850. The van der Waals surface area contributed by atoms with E-state index in [0.717, 1.165) is 49.0 Å². The number of carbonyl (C=O) groups is 1. The Morgan fingerprint density at radius 2 is 1.79 bits per heavy atom. The molecule has 3 unspecified atom stereocenters. The molecule has 3 aliphatic heterocycles. The van der Waals surface area contributed by atoms with E-state index in [1.54, 1.807) is 27.0 Å². The second kappa shape index (κ2) is 11.8. The summed E-state index contributed by atoms with van der Waals surface area (Å²) < 4.78 is 41.8. The fraction of sp³-hybridized carbons (Fsp3) is 0.595. The number of nitrogens with zero attached hydrogens (tertiary/aromatic N) is 3. The van der Waals surface area contributed by atoms with Crippen molar-refractivity contribution < 1.29 is 27.8 Å². The first-order chi connectivity index (χ1) is 23.0. The Hall–Kier alpha value is -2.96. The number of hydrogen-bond acceptors (Lipinski definition) is 8. The Labute approximate surface area is 283 Å². The van der Waals surface area contributed by atoms with Crippen LogP contribution in [0.3, 0.4) is 0 Å². The third kappa shape index (κ3) is 5.11. The minimum absolute atomic E-state index is 0.109. The zero-order valence-electron chi connectivity index (χ0n) is 28.4. The van der Waals surface area contributed by atoms with Crippen LogP contribution < -0.4 is 9.46 Å². The van der Waals surface area contributed by atoms with Crippen LogP contribution in [0, 0.1) is 5.41 Å². The van der Waals surface area contributed by atoms with Gasteiger partial charge in [0.25, 0.3) is 5.91 Å². The van der Waals surface area contributed by atoms with Crippen LogP contribution >= 0.6 is 0 Å². The summed E-state index contributed by atoms with van der Waals surface area (Å²) >= 11 is 0. The monoisotopic (exact) mass is 676 g/mol. The molecule has 2 bridgehead atoms. The summed E-state index contributed by atoms with van der Waals surface area (Å²) in [7, 11) is 0.0511. The number of sulfonamides is 1. The van der Waals surface area contributed by atoms with Crippen LogP contribution in [-0.4, -0.2) is 97.8 Å². The molecule has 8 rings (SSSR count). The number of methoxy groups -OCH3 is 1. The van der Waals surface area contributed by atoms with Gasteiger partial charge in [-0.1, -0.05) is 25.3 Å². The van der Waals surface area contributed by atoms with Crippen LogP contribution in [0.5, 0.6) is 5.75 Å². The fourth-order valence-corrected chi connectivity index (χ4v) is 10.0. The molecule has 1 aromatic heterocycles. The van der Waals surface area contributed by atoms with E-state index in [4.69, 9.17) is 9.47 Å². The third-order valence-electron chi connectivity index (χ3n) is 12.0. The molecule has 2 aromatic carbocycles. The lowest BCUT2D eigenvalue weighted by molar-refractivity contribution is -0.181. The smallest absolute Gasteiger partial charge is 0.264 e. The van der Waals surface area contributed by atoms with Crippen molar-refractivity contribution in [2.75, 3.05) is 40.5 Å². The van der Waals surface area contributed by atoms with Crippen molar-refractivity contribution in [1.29, 1.82) is 0 Å². The SMILES string of the molecule is COc1ccc2c(c1)C1CC1(C(O)N1[C@@H]3COC[C@H]1CN(C)C3)Cn1c-2c(C2CCCCC2)c2ccc(C(=O)NS(=O)(=O)C(C)C)cc21. The lowest BCUT2D eigenvalue weighted by Crippen LogP contribution is -2.68. The van der Waals surface area contributed by atoms with Gasteiger partial charge < -0.3 is 24.0 Å². The van der Waals surface area contributed by atoms with E-state index in [1.165, 1.54) is 41.6 Å². The Balaban J connectivity index is 1.32. The van der Waals surface area contributed by atoms with Gasteiger partial charge in [-0.3, -0.25) is 9.69 Å². The van der Waals surface area contributed by atoms with Crippen LogP contribution in [0.1, 0.15) is 85.7 Å². The van der Waals surface area contributed by atoms with Gasteiger partial charge in [-0.05, 0) is 93.5 Å². The highest BCUT2D eigenvalue weighted by Crippen LogP contribution is 2.67. The van der Waals surface area contributed by atoms with Gasteiger partial charge in [0, 0.05) is 59.2 Å². The van der Waals surface area contributed by atoms with Crippen molar-refractivity contribution in [2.45, 2.75) is 94.3 Å². The predicted octanol–water partition coefficient (Wildman–Crippen LogP) is 4.65. The number of amides is 1. The maximum atomic E-state index is 13.4. The van der Waals surface area contributed by atoms with Crippen molar-refractivity contribution in [3.05, 3.63) is 53.1 Å². The second-order valence-electron chi connectivity index (χ2n) is 15.3. The summed E-state index contributed by atoms with van der Waals surface area (Å²) in [5.74, 6) is 0.694. The average molecular weight is 677 g/mol. The van der Waals surface area contributed by atoms with Crippen molar-refractivity contribution in [1.82, 2.24) is 19.1 Å². The molecule has 0 spiro atoms. The molecule has 1 amide bonds. The Kier molecular flexibility index (Phi) is 7.95. The molecule has 10 nitrogen and oxygen atoms in total. The fourth-order valence-electron chi connectivity index (χ4n) is 9.43. The first kappa shape index (κ1) is 32.3. The highest BCUT2D eigenvalue weighted by atomic mass is 32.2. The van der Waals surface area contributed by atoms with Gasteiger partial charge in [0.2, 0.25) is 10.0 Å². The molecule has 2 aliphatic carbocycles. The number of carbonyl (C=O) groups excluding carboxylic acids is 1. The topological polar surface area (TPSA) is 113 Å². The van der Waals surface area contributed by atoms with Crippen LogP contribution in [0.25, 0.3) is 22.2 Å². The number of morpholine rings is 1. The van der Waals surface area contributed by atoms with Gasteiger partial charge in [-0.25, -0.2) is 13.1 Å². The molecule has 258 valence electrons. The van der Waals surface area contributed by atoms with Gasteiger partial charge in [0.05, 0.1) is 31.3 Å². The highest BCUT2D eigenvalue weighted by molar-refractivity contribution is 7.90. The summed E-state index contributed by atoms with van der Waals surface area (Å²) in [6, 6.07) is 12.3. The first-order valence-electron chi connectivity index (χ1n) is 17.6. The van der Waals surface area contributed by atoms with Gasteiger partial charge in [-0.2, -0.15) is 0 Å². The number of aliphatic hydroxyl groups is 1. The largest absolute Gasteiger partial charge is 0.497 e. The number of aliphatic hydroxyl groups excluding tert-OH is 1. The molecule has 2 saturated heterocycles. The number of benzene rings is 2. The molecule has 2 N–H and O–H groups in total. The predicted molar refractivity (Wildman–Crippen MR) is 185 cm³/mol. The summed E-state index contributed by atoms with van der Waals surface area (Å²) in [5.41, 5.74) is 5.64. The van der Waals surface area contributed by atoms with Crippen LogP contribution in [0.15, 0.2) is 36.4 Å². The molecule has 5 aliphatic rings. The number of piperazine rings is 1. The highest BCUT2D eigenvalue weighted by Gasteiger charge is 2.64. The Morgan fingerprint density at radius 1 is 1.06 bits per heavy atom. The maximum absolute atomic E-state index is 13.4. The van der Waals surface area contributed by atoms with E-state index >= 15 is 0 Å².